The molecule has 7 nitrogen and oxygen atoms in total. The molecule has 2 heterocycles. The lowest BCUT2D eigenvalue weighted by atomic mass is 9.93. The van der Waals surface area contributed by atoms with Crippen LogP contribution in [-0.2, 0) is 11.3 Å². The summed E-state index contributed by atoms with van der Waals surface area (Å²) < 4.78 is 14.6. The third-order valence-corrected chi connectivity index (χ3v) is 6.18. The fraction of sp³-hybridized carbons (Fsp3) is 0.429. The number of piperidine rings is 1. The molecule has 10 heteroatoms. The summed E-state index contributed by atoms with van der Waals surface area (Å²) >= 11 is 4.66. The van der Waals surface area contributed by atoms with Gasteiger partial charge in [0, 0.05) is 29.8 Å². The molecule has 0 amide bonds. The number of thiol groups is 1. The van der Waals surface area contributed by atoms with E-state index in [0.29, 0.717) is 25.2 Å². The second kappa shape index (κ2) is 9.93. The van der Waals surface area contributed by atoms with Crippen LogP contribution in [0.4, 0.5) is 4.39 Å². The number of carbonyl (C=O) groups is 2. The van der Waals surface area contributed by atoms with Crippen LogP contribution in [0.3, 0.4) is 0 Å². The highest BCUT2D eigenvalue weighted by molar-refractivity contribution is 7.81. The van der Waals surface area contributed by atoms with Crippen LogP contribution >= 0.6 is 25.0 Å². The van der Waals surface area contributed by atoms with Crippen molar-refractivity contribution in [3.8, 4) is 0 Å². The lowest BCUT2D eigenvalue weighted by Gasteiger charge is -2.37. The van der Waals surface area contributed by atoms with Crippen LogP contribution < -0.4 is 0 Å². The Kier molecular flexibility index (Phi) is 7.51. The van der Waals surface area contributed by atoms with Crippen molar-refractivity contribution >= 4 is 36.8 Å². The Morgan fingerprint density at radius 1 is 1.29 bits per heavy atom. The molecule has 1 saturated carbocycles. The molecule has 0 radical (unpaired) electrons. The summed E-state index contributed by atoms with van der Waals surface area (Å²) in [6.07, 6.45) is 5.58. The van der Waals surface area contributed by atoms with Crippen molar-refractivity contribution in [1.82, 2.24) is 19.9 Å². The minimum atomic E-state index is -1.13. The first kappa shape index (κ1) is 23.4. The van der Waals surface area contributed by atoms with Gasteiger partial charge in [0.15, 0.2) is 11.5 Å². The first-order valence-electron chi connectivity index (χ1n) is 9.96. The highest BCUT2D eigenvalue weighted by atomic mass is 35.5. The summed E-state index contributed by atoms with van der Waals surface area (Å²) in [6.45, 7) is 1.43. The predicted molar refractivity (Wildman–Crippen MR) is 118 cm³/mol. The molecule has 2 aliphatic rings. The van der Waals surface area contributed by atoms with Gasteiger partial charge in [0.2, 0.25) is 0 Å². The third-order valence-electron chi connectivity index (χ3n) is 5.59. The van der Waals surface area contributed by atoms with E-state index >= 15 is 0 Å². The van der Waals surface area contributed by atoms with Gasteiger partial charge in [-0.25, -0.2) is 9.18 Å². The average Bonchev–Trinajstić information content (AvgIpc) is 3.47. The second-order valence-corrected chi connectivity index (χ2v) is 8.37. The second-order valence-electron chi connectivity index (χ2n) is 7.74. The molecule has 2 unspecified atom stereocenters. The molecule has 2 fully saturated rings. The fourth-order valence-electron chi connectivity index (χ4n) is 3.81. The van der Waals surface area contributed by atoms with E-state index in [1.54, 1.807) is 18.2 Å². The summed E-state index contributed by atoms with van der Waals surface area (Å²) in [7, 11) is 0. The molecular weight excluding hydrogens is 443 g/mol. The smallest absolute Gasteiger partial charge is 0.358 e. The number of allylic oxidation sites excluding steroid dienone is 1. The largest absolute Gasteiger partial charge is 0.476 e. The number of ketones is 1. The zero-order valence-corrected chi connectivity index (χ0v) is 18.4. The van der Waals surface area contributed by atoms with Gasteiger partial charge in [-0.1, -0.05) is 24.3 Å². The molecule has 166 valence electrons. The van der Waals surface area contributed by atoms with Crippen LogP contribution in [-0.4, -0.2) is 55.1 Å². The maximum atomic E-state index is 14.6. The van der Waals surface area contributed by atoms with Crippen LogP contribution in [0.15, 0.2) is 42.1 Å². The quantitative estimate of drug-likeness (QED) is 0.481. The van der Waals surface area contributed by atoms with Crippen molar-refractivity contribution in [1.29, 1.82) is 0 Å². The van der Waals surface area contributed by atoms with E-state index in [9.17, 15) is 14.0 Å². The third kappa shape index (κ3) is 5.34. The number of hydrogen-bond donors (Lipinski definition) is 2. The molecule has 1 N–H and O–H groups in total. The Balaban J connectivity index is 0.00000272. The average molecular weight is 467 g/mol. The highest BCUT2D eigenvalue weighted by Gasteiger charge is 2.40. The van der Waals surface area contributed by atoms with E-state index in [4.69, 9.17) is 5.11 Å². The molecule has 1 aromatic carbocycles. The lowest BCUT2D eigenvalue weighted by Crippen LogP contribution is -2.42. The molecule has 0 spiro atoms. The van der Waals surface area contributed by atoms with Gasteiger partial charge in [-0.05, 0) is 30.9 Å². The Morgan fingerprint density at radius 2 is 2.03 bits per heavy atom. The molecule has 0 bridgehead atoms. The first-order chi connectivity index (χ1) is 14.4. The number of aromatic nitrogens is 3. The van der Waals surface area contributed by atoms with E-state index in [2.05, 4.69) is 22.8 Å². The van der Waals surface area contributed by atoms with Crippen molar-refractivity contribution in [2.75, 3.05) is 13.1 Å². The van der Waals surface area contributed by atoms with Crippen molar-refractivity contribution in [2.45, 2.75) is 37.1 Å². The maximum absolute atomic E-state index is 14.6. The molecule has 2 aromatic rings. The van der Waals surface area contributed by atoms with Gasteiger partial charge >= 0.3 is 5.97 Å². The molecular formula is C21H24ClFN4O3S. The zero-order valence-electron chi connectivity index (χ0n) is 16.7. The molecule has 31 heavy (non-hydrogen) atoms. The normalized spacial score (nSPS) is 21.5. The van der Waals surface area contributed by atoms with Crippen LogP contribution in [0.1, 0.15) is 41.4 Å². The van der Waals surface area contributed by atoms with E-state index in [0.717, 1.165) is 24.8 Å². The molecule has 4 rings (SSSR count). The summed E-state index contributed by atoms with van der Waals surface area (Å²) in [5.41, 5.74) is 1.30. The van der Waals surface area contributed by atoms with Gasteiger partial charge in [-0.2, -0.15) is 22.5 Å². The number of carboxylic acids is 1. The maximum Gasteiger partial charge on any atom is 0.358 e. The summed E-state index contributed by atoms with van der Waals surface area (Å²) in [5, 5.41) is 16.8. The number of Topliss-reactive ketones (excluding diaryl/α,β-unsaturated/α-hetero) is 1. The zero-order chi connectivity index (χ0) is 21.3. The van der Waals surface area contributed by atoms with Gasteiger partial charge in [0.1, 0.15) is 5.82 Å². The minimum Gasteiger partial charge on any atom is -0.476 e. The molecule has 1 aromatic heterocycles. The SMILES string of the molecule is Cl.O=C(O)c1cnn(CC=C2CN(C(C(=O)C3CC3)c3ccccc3F)CCC2S)n1. The van der Waals surface area contributed by atoms with Crippen LogP contribution in [0.5, 0.6) is 0 Å². The highest BCUT2D eigenvalue weighted by Crippen LogP contribution is 2.39. The van der Waals surface area contributed by atoms with Gasteiger partial charge in [0.05, 0.1) is 18.8 Å². The molecule has 1 saturated heterocycles. The van der Waals surface area contributed by atoms with Crippen molar-refractivity contribution < 1.29 is 19.1 Å². The molecule has 1 aliphatic carbocycles. The molecule has 2 atom stereocenters. The Hall–Kier alpha value is -2.23. The predicted octanol–water partition coefficient (Wildman–Crippen LogP) is 3.19. The van der Waals surface area contributed by atoms with E-state index < -0.39 is 12.0 Å². The number of halogens is 2. The van der Waals surface area contributed by atoms with E-state index in [1.807, 2.05) is 11.0 Å². The van der Waals surface area contributed by atoms with Crippen molar-refractivity contribution in [3.63, 3.8) is 0 Å². The van der Waals surface area contributed by atoms with Crippen molar-refractivity contribution in [2.24, 2.45) is 5.92 Å². The standard InChI is InChI=1S/C21H23FN4O3S.ClH/c22-16-4-2-1-3-15(16)19(20(27)13-5-6-13)25-9-8-18(30)14(12-25)7-10-26-23-11-17(24-26)21(28)29;/h1-4,7,11,13,18-19,30H,5-6,8-10,12H2,(H,28,29);1H. The number of nitrogens with zero attached hydrogens (tertiary/aromatic N) is 4. The number of benzene rings is 1. The lowest BCUT2D eigenvalue weighted by molar-refractivity contribution is -0.126. The summed E-state index contributed by atoms with van der Waals surface area (Å²) in [4.78, 5) is 27.4. The Morgan fingerprint density at radius 3 is 2.68 bits per heavy atom. The molecule has 1 aliphatic heterocycles. The van der Waals surface area contributed by atoms with Crippen LogP contribution in [0, 0.1) is 11.7 Å². The van der Waals surface area contributed by atoms with Gasteiger partial charge in [-0.15, -0.1) is 17.5 Å². The number of carboxylic acid groups (broad SMARTS) is 1. The number of hydrogen-bond acceptors (Lipinski definition) is 6. The van der Waals surface area contributed by atoms with Gasteiger partial charge in [0.25, 0.3) is 0 Å². The van der Waals surface area contributed by atoms with Gasteiger partial charge < -0.3 is 5.11 Å². The number of rotatable bonds is 7. The Labute approximate surface area is 191 Å². The van der Waals surface area contributed by atoms with Gasteiger partial charge in [-0.3, -0.25) is 9.69 Å². The Bertz CT molecular complexity index is 995. The number of carbonyl (C=O) groups excluding carboxylic acids is 1. The van der Waals surface area contributed by atoms with E-state index in [-0.39, 0.29) is 40.9 Å². The minimum absolute atomic E-state index is 0. The van der Waals surface area contributed by atoms with Crippen molar-refractivity contribution in [3.05, 3.63) is 59.2 Å². The van der Waals surface area contributed by atoms with E-state index in [1.165, 1.54) is 17.1 Å². The number of aromatic carboxylic acids is 1. The van der Waals surface area contributed by atoms with Crippen LogP contribution in [0.2, 0.25) is 0 Å². The number of likely N-dealkylation sites (tertiary alicyclic amines) is 1. The van der Waals surface area contributed by atoms with Crippen LogP contribution in [0.25, 0.3) is 0 Å². The fourth-order valence-corrected chi connectivity index (χ4v) is 4.12. The summed E-state index contributed by atoms with van der Waals surface area (Å²) in [5.74, 6) is -1.40. The topological polar surface area (TPSA) is 88.3 Å². The monoisotopic (exact) mass is 466 g/mol. The first-order valence-corrected chi connectivity index (χ1v) is 10.5. The summed E-state index contributed by atoms with van der Waals surface area (Å²) in [6, 6.07) is 5.87.